The SMILES string of the molecule is O=C1N[C@]2(CCCc3ccccc32)C(=O)N1Cc1cc(=O)oc2cc3c(cc12)CCC3. The van der Waals surface area contributed by atoms with Gasteiger partial charge in [0.25, 0.3) is 5.91 Å². The Bertz CT molecular complexity index is 1320. The van der Waals surface area contributed by atoms with Crippen LogP contribution in [-0.4, -0.2) is 16.8 Å². The minimum Gasteiger partial charge on any atom is -0.423 e. The fourth-order valence-electron chi connectivity index (χ4n) is 5.55. The average molecular weight is 414 g/mol. The zero-order valence-electron chi connectivity index (χ0n) is 17.1. The maximum Gasteiger partial charge on any atom is 0.336 e. The molecule has 3 aromatic rings. The number of rotatable bonds is 2. The number of carbonyl (C=O) groups is 2. The molecule has 31 heavy (non-hydrogen) atoms. The Hall–Kier alpha value is -3.41. The van der Waals surface area contributed by atoms with E-state index < -0.39 is 17.2 Å². The second-order valence-electron chi connectivity index (χ2n) is 8.80. The lowest BCUT2D eigenvalue weighted by Crippen LogP contribution is -2.46. The minimum absolute atomic E-state index is 0.0511. The van der Waals surface area contributed by atoms with Crippen LogP contribution in [0.5, 0.6) is 0 Å². The van der Waals surface area contributed by atoms with Crippen LogP contribution in [0.2, 0.25) is 0 Å². The monoisotopic (exact) mass is 414 g/mol. The number of carbonyl (C=O) groups excluding carboxylic acids is 2. The highest BCUT2D eigenvalue weighted by molar-refractivity contribution is 6.08. The molecule has 2 aromatic carbocycles. The third-order valence-corrected chi connectivity index (χ3v) is 7.02. The smallest absolute Gasteiger partial charge is 0.336 e. The molecule has 2 aliphatic carbocycles. The highest BCUT2D eigenvalue weighted by Gasteiger charge is 2.53. The lowest BCUT2D eigenvalue weighted by Gasteiger charge is -2.33. The summed E-state index contributed by atoms with van der Waals surface area (Å²) < 4.78 is 5.44. The topological polar surface area (TPSA) is 79.6 Å². The summed E-state index contributed by atoms with van der Waals surface area (Å²) in [7, 11) is 0. The first-order valence-electron chi connectivity index (χ1n) is 10.9. The van der Waals surface area contributed by atoms with E-state index in [1.54, 1.807) is 0 Å². The van der Waals surface area contributed by atoms with Crippen molar-refractivity contribution in [2.75, 3.05) is 0 Å². The molecule has 0 unspecified atom stereocenters. The predicted octanol–water partition coefficient (Wildman–Crippen LogP) is 3.57. The van der Waals surface area contributed by atoms with E-state index >= 15 is 0 Å². The zero-order valence-corrected chi connectivity index (χ0v) is 17.1. The third-order valence-electron chi connectivity index (χ3n) is 7.02. The summed E-state index contributed by atoms with van der Waals surface area (Å²) >= 11 is 0. The molecule has 0 saturated carbocycles. The summed E-state index contributed by atoms with van der Waals surface area (Å²) in [4.78, 5) is 40.1. The molecule has 0 bridgehead atoms. The van der Waals surface area contributed by atoms with Gasteiger partial charge in [0.15, 0.2) is 0 Å². The van der Waals surface area contributed by atoms with E-state index in [0.717, 1.165) is 48.6 Å². The van der Waals surface area contributed by atoms with Crippen molar-refractivity contribution in [3.8, 4) is 0 Å². The standard InChI is InChI=1S/C25H22N2O4/c28-22-13-18(19-11-16-6-3-7-17(16)12-21(19)31-22)14-27-23(29)25(26-24(27)30)10-4-8-15-5-1-2-9-20(15)25/h1-2,5,9,11-13H,3-4,6-8,10,14H2,(H,26,30)/t25-/m0/s1. The van der Waals surface area contributed by atoms with Crippen molar-refractivity contribution >= 4 is 22.9 Å². The van der Waals surface area contributed by atoms with Gasteiger partial charge in [0.05, 0.1) is 6.54 Å². The molecule has 1 spiro atoms. The normalized spacial score (nSPS) is 22.1. The van der Waals surface area contributed by atoms with Crippen LogP contribution in [0, 0.1) is 0 Å². The van der Waals surface area contributed by atoms with Crippen molar-refractivity contribution < 1.29 is 14.0 Å². The number of amides is 3. The summed E-state index contributed by atoms with van der Waals surface area (Å²) in [5, 5.41) is 3.78. The largest absolute Gasteiger partial charge is 0.423 e. The van der Waals surface area contributed by atoms with Gasteiger partial charge in [0, 0.05) is 11.5 Å². The predicted molar refractivity (Wildman–Crippen MR) is 115 cm³/mol. The van der Waals surface area contributed by atoms with Crippen molar-refractivity contribution in [2.45, 2.75) is 50.6 Å². The number of hydrogen-bond acceptors (Lipinski definition) is 4. The Labute approximate surface area is 178 Å². The Morgan fingerprint density at radius 2 is 1.71 bits per heavy atom. The molecule has 6 heteroatoms. The lowest BCUT2D eigenvalue weighted by atomic mass is 9.76. The minimum atomic E-state index is -1.01. The van der Waals surface area contributed by atoms with Gasteiger partial charge in [-0.3, -0.25) is 9.69 Å². The average Bonchev–Trinajstić information content (AvgIpc) is 3.31. The van der Waals surface area contributed by atoms with Gasteiger partial charge in [-0.05, 0) is 78.5 Å². The summed E-state index contributed by atoms with van der Waals surface area (Å²) in [6.07, 6.45) is 5.37. The molecule has 156 valence electrons. The fraction of sp³-hybridized carbons (Fsp3) is 0.320. The summed E-state index contributed by atoms with van der Waals surface area (Å²) in [6.45, 7) is 0.0511. The molecule has 0 radical (unpaired) electrons. The number of imide groups is 1. The Kier molecular flexibility index (Phi) is 3.88. The van der Waals surface area contributed by atoms with Gasteiger partial charge in [0.2, 0.25) is 0 Å². The van der Waals surface area contributed by atoms with E-state index in [-0.39, 0.29) is 12.5 Å². The van der Waals surface area contributed by atoms with Crippen molar-refractivity contribution in [1.82, 2.24) is 10.2 Å². The van der Waals surface area contributed by atoms with Crippen molar-refractivity contribution in [3.63, 3.8) is 0 Å². The zero-order chi connectivity index (χ0) is 21.2. The number of urea groups is 1. The number of fused-ring (bicyclic) bond motifs is 4. The van der Waals surface area contributed by atoms with Crippen molar-refractivity contribution in [1.29, 1.82) is 0 Å². The van der Waals surface area contributed by atoms with Crippen LogP contribution in [0.15, 0.2) is 51.7 Å². The molecular formula is C25H22N2O4. The van der Waals surface area contributed by atoms with Crippen molar-refractivity contribution in [2.24, 2.45) is 0 Å². The summed E-state index contributed by atoms with van der Waals surface area (Å²) in [5.74, 6) is -0.243. The second kappa shape index (κ2) is 6.54. The van der Waals surface area contributed by atoms with E-state index in [4.69, 9.17) is 4.42 Å². The van der Waals surface area contributed by atoms with Gasteiger partial charge in [-0.2, -0.15) is 0 Å². The number of benzene rings is 2. The molecular weight excluding hydrogens is 392 g/mol. The van der Waals surface area contributed by atoms with Crippen LogP contribution < -0.4 is 10.9 Å². The van der Waals surface area contributed by atoms with Crippen LogP contribution in [0.3, 0.4) is 0 Å². The van der Waals surface area contributed by atoms with Gasteiger partial charge in [0.1, 0.15) is 11.1 Å². The maximum absolute atomic E-state index is 13.6. The molecule has 3 amide bonds. The van der Waals surface area contributed by atoms with Crippen LogP contribution in [-0.2, 0) is 36.1 Å². The number of aryl methyl sites for hydroxylation is 3. The second-order valence-corrected chi connectivity index (χ2v) is 8.80. The van der Waals surface area contributed by atoms with E-state index in [1.165, 1.54) is 22.1 Å². The summed E-state index contributed by atoms with van der Waals surface area (Å²) in [6, 6.07) is 12.8. The molecule has 1 aliphatic heterocycles. The van der Waals surface area contributed by atoms with Crippen molar-refractivity contribution in [3.05, 3.63) is 80.7 Å². The Morgan fingerprint density at radius 1 is 0.935 bits per heavy atom. The van der Waals surface area contributed by atoms with Gasteiger partial charge >= 0.3 is 11.7 Å². The Morgan fingerprint density at radius 3 is 2.58 bits per heavy atom. The molecule has 1 fully saturated rings. The number of nitrogens with zero attached hydrogens (tertiary/aromatic N) is 1. The van der Waals surface area contributed by atoms with E-state index in [9.17, 15) is 14.4 Å². The van der Waals surface area contributed by atoms with Gasteiger partial charge in [-0.1, -0.05) is 24.3 Å². The van der Waals surface area contributed by atoms with Gasteiger partial charge in [-0.25, -0.2) is 9.59 Å². The number of nitrogens with one attached hydrogen (secondary N) is 1. The first-order chi connectivity index (χ1) is 15.0. The molecule has 1 saturated heterocycles. The van der Waals surface area contributed by atoms with Crippen LogP contribution in [0.25, 0.3) is 11.0 Å². The summed E-state index contributed by atoms with van der Waals surface area (Å²) in [5.41, 5.74) is 4.13. The number of hydrogen-bond donors (Lipinski definition) is 1. The highest BCUT2D eigenvalue weighted by atomic mass is 16.4. The molecule has 6 nitrogen and oxygen atoms in total. The lowest BCUT2D eigenvalue weighted by molar-refractivity contribution is -0.132. The van der Waals surface area contributed by atoms with E-state index in [2.05, 4.69) is 11.4 Å². The fourth-order valence-corrected chi connectivity index (χ4v) is 5.55. The quantitative estimate of drug-likeness (QED) is 0.514. The van der Waals surface area contributed by atoms with Gasteiger partial charge in [-0.15, -0.1) is 0 Å². The van der Waals surface area contributed by atoms with Crippen LogP contribution in [0.4, 0.5) is 4.79 Å². The first-order valence-corrected chi connectivity index (χ1v) is 10.9. The molecule has 6 rings (SSSR count). The third kappa shape index (κ3) is 2.67. The van der Waals surface area contributed by atoms with Crippen LogP contribution >= 0.6 is 0 Å². The molecule has 1 N–H and O–H groups in total. The Balaban J connectivity index is 1.42. The maximum atomic E-state index is 13.6. The molecule has 1 aromatic heterocycles. The molecule has 1 atom stereocenters. The first kappa shape index (κ1) is 18.4. The van der Waals surface area contributed by atoms with E-state index in [1.807, 2.05) is 30.3 Å². The molecule has 3 aliphatic rings. The van der Waals surface area contributed by atoms with E-state index in [0.29, 0.717) is 17.6 Å². The molecule has 2 heterocycles. The van der Waals surface area contributed by atoms with Crippen LogP contribution in [0.1, 0.15) is 47.1 Å². The highest BCUT2D eigenvalue weighted by Crippen LogP contribution is 2.40. The van der Waals surface area contributed by atoms with Gasteiger partial charge < -0.3 is 9.73 Å².